The number of ketones is 4. The molecule has 0 saturated heterocycles. The first-order valence-electron chi connectivity index (χ1n) is 11.7. The molecule has 2 aromatic rings. The molecule has 188 valence electrons. The van der Waals surface area contributed by atoms with Gasteiger partial charge in [0, 0.05) is 15.7 Å². The number of aryl methyl sites for hydroxylation is 1. The fourth-order valence-electron chi connectivity index (χ4n) is 6.41. The number of phenolic OH excluding ortho intramolecular Hbond substituents is 1. The van der Waals surface area contributed by atoms with E-state index in [1.807, 2.05) is 19.1 Å². The molecule has 36 heavy (non-hydrogen) atoms. The van der Waals surface area contributed by atoms with Crippen molar-refractivity contribution in [2.24, 2.45) is 29.4 Å². The Kier molecular flexibility index (Phi) is 5.55. The summed E-state index contributed by atoms with van der Waals surface area (Å²) in [6.45, 7) is 1.96. The molecule has 9 nitrogen and oxygen atoms in total. The number of hydrogen-bond acceptors (Lipinski definition) is 9. The summed E-state index contributed by atoms with van der Waals surface area (Å²) in [5.41, 5.74) is 4.00. The van der Waals surface area contributed by atoms with E-state index in [9.17, 15) is 34.2 Å². The summed E-state index contributed by atoms with van der Waals surface area (Å²) in [6, 6.07) is 5.91. The summed E-state index contributed by atoms with van der Waals surface area (Å²) in [5, 5.41) is 22.2. The van der Waals surface area contributed by atoms with Crippen LogP contribution in [-0.2, 0) is 25.6 Å². The number of nitrogens with zero attached hydrogens (tertiary/aromatic N) is 1. The number of hydrogen-bond donors (Lipinski definition) is 3. The van der Waals surface area contributed by atoms with Crippen LogP contribution in [0.4, 0.5) is 0 Å². The summed E-state index contributed by atoms with van der Waals surface area (Å²) < 4.78 is 0. The molecule has 0 bridgehead atoms. The number of aliphatic hydroxyl groups is 1. The summed E-state index contributed by atoms with van der Waals surface area (Å²) in [4.78, 5) is 69.4. The number of thiophene rings is 1. The number of carbonyl (C=O) groups is 5. The van der Waals surface area contributed by atoms with Gasteiger partial charge in [0.15, 0.2) is 34.7 Å². The lowest BCUT2D eigenvalue weighted by molar-refractivity contribution is -0.181. The van der Waals surface area contributed by atoms with Gasteiger partial charge in [-0.1, -0.05) is 0 Å². The van der Waals surface area contributed by atoms with Gasteiger partial charge in [-0.3, -0.25) is 28.9 Å². The zero-order chi connectivity index (χ0) is 26.3. The Hall–Kier alpha value is -3.21. The van der Waals surface area contributed by atoms with E-state index in [2.05, 4.69) is 0 Å². The highest BCUT2D eigenvalue weighted by molar-refractivity contribution is 7.15. The van der Waals surface area contributed by atoms with Gasteiger partial charge in [-0.05, 0) is 75.2 Å². The van der Waals surface area contributed by atoms with E-state index in [1.54, 1.807) is 20.2 Å². The SMILES string of the molecule is Cc1ccc(-c2ccc(O)c3c2C[C@H]2C[C@H]4[C@H](N(C)C)C(=O)C(C(N)=O)C(=O)[C@@]4(O)C(=O)C2C3=O)s1. The fourth-order valence-corrected chi connectivity index (χ4v) is 7.34. The average molecular weight is 511 g/mol. The maximum absolute atomic E-state index is 13.8. The lowest BCUT2D eigenvalue weighted by Crippen LogP contribution is -2.74. The van der Waals surface area contributed by atoms with E-state index in [0.717, 1.165) is 15.3 Å². The molecule has 2 unspecified atom stereocenters. The third-order valence-electron chi connectivity index (χ3n) is 7.95. The molecule has 3 aliphatic rings. The summed E-state index contributed by atoms with van der Waals surface area (Å²) >= 11 is 1.54. The van der Waals surface area contributed by atoms with Crippen molar-refractivity contribution in [3.8, 4) is 16.2 Å². The van der Waals surface area contributed by atoms with Crippen molar-refractivity contribution in [1.82, 2.24) is 4.90 Å². The second-order valence-electron chi connectivity index (χ2n) is 10.2. The summed E-state index contributed by atoms with van der Waals surface area (Å²) in [7, 11) is 3.12. The van der Waals surface area contributed by atoms with Crippen molar-refractivity contribution in [2.75, 3.05) is 14.1 Å². The van der Waals surface area contributed by atoms with Crippen molar-refractivity contribution < 1.29 is 34.2 Å². The minimum absolute atomic E-state index is 0.00477. The quantitative estimate of drug-likeness (QED) is 0.515. The molecule has 1 aromatic carbocycles. The Balaban J connectivity index is 1.66. The molecule has 3 aliphatic carbocycles. The molecule has 0 spiro atoms. The van der Waals surface area contributed by atoms with Crippen molar-refractivity contribution in [3.05, 3.63) is 40.3 Å². The van der Waals surface area contributed by atoms with E-state index in [-0.39, 0.29) is 24.2 Å². The van der Waals surface area contributed by atoms with Crippen molar-refractivity contribution >= 4 is 40.4 Å². The lowest BCUT2D eigenvalue weighted by Gasteiger charge is -2.52. The maximum Gasteiger partial charge on any atom is 0.235 e. The number of Topliss-reactive ketones (excluding diaryl/α,β-unsaturated/α-hetero) is 4. The summed E-state index contributed by atoms with van der Waals surface area (Å²) in [5.74, 6) is -10.4. The number of aromatic hydroxyl groups is 1. The monoisotopic (exact) mass is 510 g/mol. The first-order valence-corrected chi connectivity index (χ1v) is 12.5. The highest BCUT2D eigenvalue weighted by atomic mass is 32.1. The zero-order valence-electron chi connectivity index (χ0n) is 20.0. The van der Waals surface area contributed by atoms with Gasteiger partial charge in [0.2, 0.25) is 5.91 Å². The smallest absolute Gasteiger partial charge is 0.235 e. The van der Waals surface area contributed by atoms with Crippen LogP contribution >= 0.6 is 11.3 Å². The van der Waals surface area contributed by atoms with Crippen LogP contribution in [-0.4, -0.2) is 69.9 Å². The summed E-state index contributed by atoms with van der Waals surface area (Å²) in [6.07, 6.45) is 0.273. The molecule has 10 heteroatoms. The van der Waals surface area contributed by atoms with Crippen LogP contribution in [0, 0.1) is 30.6 Å². The van der Waals surface area contributed by atoms with Crippen LogP contribution in [0.3, 0.4) is 0 Å². The fraction of sp³-hybridized carbons (Fsp3) is 0.423. The van der Waals surface area contributed by atoms with Crippen LogP contribution in [0.1, 0.15) is 27.2 Å². The normalized spacial score (nSPS) is 31.8. The average Bonchev–Trinajstić information content (AvgIpc) is 3.22. The second kappa shape index (κ2) is 8.16. The highest BCUT2D eigenvalue weighted by Crippen LogP contribution is 2.52. The molecule has 0 aliphatic heterocycles. The molecular weight excluding hydrogens is 484 g/mol. The first-order chi connectivity index (χ1) is 16.9. The predicted octanol–water partition coefficient (Wildman–Crippen LogP) is 0.904. The molecule has 1 heterocycles. The molecular formula is C26H26N2O7S. The van der Waals surface area contributed by atoms with Crippen LogP contribution < -0.4 is 5.73 Å². The third-order valence-corrected chi connectivity index (χ3v) is 8.98. The van der Waals surface area contributed by atoms with E-state index >= 15 is 0 Å². The Morgan fingerprint density at radius 1 is 1.11 bits per heavy atom. The molecule has 2 fully saturated rings. The van der Waals surface area contributed by atoms with Gasteiger partial charge in [0.25, 0.3) is 0 Å². The van der Waals surface area contributed by atoms with Gasteiger partial charge in [0.05, 0.1) is 17.5 Å². The van der Waals surface area contributed by atoms with E-state index < -0.39 is 64.4 Å². The van der Waals surface area contributed by atoms with Crippen LogP contribution in [0.2, 0.25) is 0 Å². The number of nitrogens with two attached hydrogens (primary N) is 1. The van der Waals surface area contributed by atoms with Gasteiger partial charge >= 0.3 is 0 Å². The van der Waals surface area contributed by atoms with Crippen molar-refractivity contribution in [3.63, 3.8) is 0 Å². The number of rotatable bonds is 3. The van der Waals surface area contributed by atoms with Crippen LogP contribution in [0.15, 0.2) is 24.3 Å². The van der Waals surface area contributed by atoms with Gasteiger partial charge in [-0.2, -0.15) is 0 Å². The van der Waals surface area contributed by atoms with Crippen molar-refractivity contribution in [2.45, 2.75) is 31.4 Å². The predicted molar refractivity (Wildman–Crippen MR) is 129 cm³/mol. The van der Waals surface area contributed by atoms with E-state index in [1.165, 1.54) is 22.3 Å². The Morgan fingerprint density at radius 3 is 2.39 bits per heavy atom. The van der Waals surface area contributed by atoms with Gasteiger partial charge < -0.3 is 15.9 Å². The number of fused-ring (bicyclic) bond motifs is 3. The minimum Gasteiger partial charge on any atom is -0.507 e. The molecule has 1 amide bonds. The highest BCUT2D eigenvalue weighted by Gasteiger charge is 2.69. The molecule has 2 saturated carbocycles. The van der Waals surface area contributed by atoms with Crippen LogP contribution in [0.25, 0.3) is 10.4 Å². The molecule has 5 rings (SSSR count). The zero-order valence-corrected chi connectivity index (χ0v) is 20.8. The Morgan fingerprint density at radius 2 is 1.81 bits per heavy atom. The standard InChI is InChI=1S/C26H26N2O7S/c1-10-4-7-16(36-10)12-5-6-15(29)18-13(12)8-11-9-14-20(28(2)3)22(31)19(25(27)34)24(33)26(14,35)23(32)17(11)21(18)30/h4-7,11,14,17,19-20,29,35H,8-9H2,1-3H3,(H2,27,34)/t11-,14-,17?,19?,20-,26-/m0/s1. The number of benzene rings is 1. The number of primary amides is 1. The van der Waals surface area contributed by atoms with E-state index in [0.29, 0.717) is 5.56 Å². The molecule has 4 N–H and O–H groups in total. The minimum atomic E-state index is -2.71. The number of amides is 1. The Bertz CT molecular complexity index is 1360. The maximum atomic E-state index is 13.8. The molecule has 1 aromatic heterocycles. The van der Waals surface area contributed by atoms with Gasteiger partial charge in [-0.15, -0.1) is 11.3 Å². The topological polar surface area (TPSA) is 155 Å². The lowest BCUT2D eigenvalue weighted by atomic mass is 9.52. The second-order valence-corrected chi connectivity index (χ2v) is 11.5. The van der Waals surface area contributed by atoms with E-state index in [4.69, 9.17) is 5.73 Å². The van der Waals surface area contributed by atoms with Gasteiger partial charge in [-0.25, -0.2) is 0 Å². The molecule has 0 radical (unpaired) electrons. The first kappa shape index (κ1) is 24.5. The number of carbonyl (C=O) groups excluding carboxylic acids is 5. The Labute approximate surface area is 210 Å². The third kappa shape index (κ3) is 3.17. The van der Waals surface area contributed by atoms with Crippen molar-refractivity contribution in [1.29, 1.82) is 0 Å². The van der Waals surface area contributed by atoms with Crippen LogP contribution in [0.5, 0.6) is 5.75 Å². The largest absolute Gasteiger partial charge is 0.507 e. The van der Waals surface area contributed by atoms with Gasteiger partial charge in [0.1, 0.15) is 5.75 Å². The number of likely N-dealkylation sites (N-methyl/N-ethyl adjacent to an activating group) is 1. The molecule has 6 atom stereocenters. The number of phenols is 1.